The molecule has 0 N–H and O–H groups in total. The third-order valence-electron chi connectivity index (χ3n) is 3.83. The summed E-state index contributed by atoms with van der Waals surface area (Å²) in [6.07, 6.45) is 0. The first-order valence-corrected chi connectivity index (χ1v) is 7.75. The molecule has 0 heterocycles. The van der Waals surface area contributed by atoms with E-state index in [0.29, 0.717) is 0 Å². The van der Waals surface area contributed by atoms with E-state index in [-0.39, 0.29) is 0 Å². The van der Waals surface area contributed by atoms with Crippen molar-refractivity contribution in [1.82, 2.24) is 0 Å². The van der Waals surface area contributed by atoms with E-state index < -0.39 is 0 Å². The summed E-state index contributed by atoms with van der Waals surface area (Å²) in [5, 5.41) is 1.21. The van der Waals surface area contributed by atoms with E-state index in [2.05, 4.69) is 89.8 Å². The third-order valence-corrected chi connectivity index (χ3v) is 4.22. The molecule has 104 valence electrons. The first kappa shape index (κ1) is 14.0. The molecule has 1 heteroatoms. The minimum absolute atomic E-state index is 1.21. The van der Waals surface area contributed by atoms with Crippen molar-refractivity contribution in [3.8, 4) is 22.3 Å². The molecule has 0 fully saturated rings. The molecule has 3 rings (SSSR count). The van der Waals surface area contributed by atoms with Crippen LogP contribution in [0, 0.1) is 13.8 Å². The first-order valence-electron chi connectivity index (χ1n) is 7.17. The van der Waals surface area contributed by atoms with Gasteiger partial charge >= 0.3 is 0 Å². The van der Waals surface area contributed by atoms with Gasteiger partial charge in [-0.1, -0.05) is 72.3 Å². The Kier molecular flexibility index (Phi) is 3.90. The Morgan fingerprint density at radius 1 is 0.619 bits per heavy atom. The lowest BCUT2D eigenvalue weighted by atomic mass is 9.95. The number of aryl methyl sites for hydroxylation is 2. The van der Waals surface area contributed by atoms with Crippen molar-refractivity contribution in [2.45, 2.75) is 13.8 Å². The van der Waals surface area contributed by atoms with Gasteiger partial charge in [-0.25, -0.2) is 0 Å². The Labute approximate surface area is 129 Å². The van der Waals surface area contributed by atoms with Crippen LogP contribution < -0.4 is 5.30 Å². The summed E-state index contributed by atoms with van der Waals surface area (Å²) in [5.41, 5.74) is 7.73. The summed E-state index contributed by atoms with van der Waals surface area (Å²) in [6, 6.07) is 24.0. The molecule has 21 heavy (non-hydrogen) atoms. The zero-order chi connectivity index (χ0) is 14.8. The molecule has 0 radical (unpaired) electrons. The van der Waals surface area contributed by atoms with Gasteiger partial charge in [-0.3, -0.25) is 0 Å². The van der Waals surface area contributed by atoms with Gasteiger partial charge in [0.25, 0.3) is 0 Å². The largest absolute Gasteiger partial charge is 0.106 e. The van der Waals surface area contributed by atoms with E-state index in [1.807, 2.05) is 0 Å². The van der Waals surface area contributed by atoms with Crippen LogP contribution in [-0.4, -0.2) is 0 Å². The second-order valence-corrected chi connectivity index (χ2v) is 6.18. The molecule has 3 aromatic carbocycles. The van der Waals surface area contributed by atoms with Gasteiger partial charge in [0.05, 0.1) is 0 Å². The van der Waals surface area contributed by atoms with Crippen molar-refractivity contribution in [3.05, 3.63) is 77.9 Å². The van der Waals surface area contributed by atoms with E-state index in [0.717, 1.165) is 0 Å². The highest BCUT2D eigenvalue weighted by Gasteiger charge is 2.04. The monoisotopic (exact) mass is 290 g/mol. The molecule has 1 atom stereocenters. The Bertz CT molecular complexity index is 753. The van der Waals surface area contributed by atoms with Gasteiger partial charge in [0, 0.05) is 0 Å². The standard InChI is InChI=1S/C20H19P/c1-14-3-5-17(6-4-14)20-12-9-18(13-15(20)2)16-7-10-19(21)11-8-16/h3-13H,21H2,1-2H3. The summed E-state index contributed by atoms with van der Waals surface area (Å²) >= 11 is 0. The predicted octanol–water partition coefficient (Wildman–Crippen LogP) is 5.14. The highest BCUT2D eigenvalue weighted by molar-refractivity contribution is 7.27. The predicted molar refractivity (Wildman–Crippen MR) is 96.1 cm³/mol. The van der Waals surface area contributed by atoms with Gasteiger partial charge in [0.15, 0.2) is 0 Å². The van der Waals surface area contributed by atoms with Gasteiger partial charge in [0.1, 0.15) is 0 Å². The number of hydrogen-bond donors (Lipinski definition) is 0. The maximum Gasteiger partial charge on any atom is -0.0154 e. The molecule has 0 nitrogen and oxygen atoms in total. The van der Waals surface area contributed by atoms with E-state index in [9.17, 15) is 0 Å². The molecular formula is C20H19P. The van der Waals surface area contributed by atoms with Crippen LogP contribution in [0.4, 0.5) is 0 Å². The van der Waals surface area contributed by atoms with E-state index in [1.54, 1.807) is 0 Å². The molecular weight excluding hydrogens is 271 g/mol. The molecule has 0 saturated heterocycles. The molecule has 0 bridgehead atoms. The van der Waals surface area contributed by atoms with Crippen LogP contribution in [0.2, 0.25) is 0 Å². The molecule has 0 amide bonds. The van der Waals surface area contributed by atoms with Crippen LogP contribution in [0.1, 0.15) is 11.1 Å². The highest BCUT2D eigenvalue weighted by atomic mass is 31.0. The third kappa shape index (κ3) is 3.06. The second-order valence-electron chi connectivity index (χ2n) is 5.52. The summed E-state index contributed by atoms with van der Waals surface area (Å²) in [7, 11) is 2.72. The molecule has 0 aliphatic rings. The number of benzene rings is 3. The van der Waals surface area contributed by atoms with Crippen molar-refractivity contribution in [3.63, 3.8) is 0 Å². The quantitative estimate of drug-likeness (QED) is 0.573. The minimum atomic E-state index is 1.21. The molecule has 3 aromatic rings. The SMILES string of the molecule is Cc1ccc(-c2ccc(-c3ccc(P)cc3)cc2C)cc1. The van der Waals surface area contributed by atoms with E-state index in [4.69, 9.17) is 0 Å². The fourth-order valence-electron chi connectivity index (χ4n) is 2.58. The lowest BCUT2D eigenvalue weighted by Crippen LogP contribution is -1.89. The molecule has 0 spiro atoms. The molecule has 0 saturated carbocycles. The summed E-state index contributed by atoms with van der Waals surface area (Å²) in [5.74, 6) is 0. The lowest BCUT2D eigenvalue weighted by Gasteiger charge is -2.10. The molecule has 0 aromatic heterocycles. The average Bonchev–Trinajstić information content (AvgIpc) is 2.49. The van der Waals surface area contributed by atoms with Crippen molar-refractivity contribution in [2.75, 3.05) is 0 Å². The maximum atomic E-state index is 2.72. The van der Waals surface area contributed by atoms with Crippen LogP contribution in [0.25, 0.3) is 22.3 Å². The van der Waals surface area contributed by atoms with Crippen molar-refractivity contribution in [2.24, 2.45) is 0 Å². The van der Waals surface area contributed by atoms with Crippen LogP contribution in [-0.2, 0) is 0 Å². The fraction of sp³-hybridized carbons (Fsp3) is 0.100. The number of hydrogen-bond acceptors (Lipinski definition) is 0. The van der Waals surface area contributed by atoms with Crippen LogP contribution in [0.5, 0.6) is 0 Å². The Morgan fingerprint density at radius 3 is 1.81 bits per heavy atom. The Hall–Kier alpha value is -1.91. The smallest absolute Gasteiger partial charge is 0.0154 e. The summed E-state index contributed by atoms with van der Waals surface area (Å²) in [4.78, 5) is 0. The van der Waals surface area contributed by atoms with Gasteiger partial charge in [0.2, 0.25) is 0 Å². The fourth-order valence-corrected chi connectivity index (χ4v) is 2.77. The molecule has 1 unspecified atom stereocenters. The molecule has 0 aliphatic carbocycles. The lowest BCUT2D eigenvalue weighted by molar-refractivity contribution is 1.43. The van der Waals surface area contributed by atoms with Crippen molar-refractivity contribution < 1.29 is 0 Å². The van der Waals surface area contributed by atoms with Crippen LogP contribution in [0.3, 0.4) is 0 Å². The van der Waals surface area contributed by atoms with Gasteiger partial charge in [-0.15, -0.1) is 9.24 Å². The van der Waals surface area contributed by atoms with Crippen molar-refractivity contribution >= 4 is 14.5 Å². The first-order chi connectivity index (χ1) is 10.1. The highest BCUT2D eigenvalue weighted by Crippen LogP contribution is 2.28. The zero-order valence-corrected chi connectivity index (χ0v) is 13.6. The zero-order valence-electron chi connectivity index (χ0n) is 12.4. The topological polar surface area (TPSA) is 0 Å². The van der Waals surface area contributed by atoms with Gasteiger partial charge in [-0.2, -0.15) is 0 Å². The number of rotatable bonds is 2. The normalized spacial score (nSPS) is 10.6. The Morgan fingerprint density at radius 2 is 1.19 bits per heavy atom. The maximum absolute atomic E-state index is 2.72. The van der Waals surface area contributed by atoms with Gasteiger partial charge < -0.3 is 0 Å². The molecule has 0 aliphatic heterocycles. The van der Waals surface area contributed by atoms with Crippen molar-refractivity contribution in [1.29, 1.82) is 0 Å². The Balaban J connectivity index is 1.99. The van der Waals surface area contributed by atoms with Crippen LogP contribution >= 0.6 is 9.24 Å². The minimum Gasteiger partial charge on any atom is -0.106 e. The van der Waals surface area contributed by atoms with E-state index >= 15 is 0 Å². The summed E-state index contributed by atoms with van der Waals surface area (Å²) < 4.78 is 0. The van der Waals surface area contributed by atoms with Crippen LogP contribution in [0.15, 0.2) is 66.7 Å². The van der Waals surface area contributed by atoms with Gasteiger partial charge in [-0.05, 0) is 47.0 Å². The average molecular weight is 290 g/mol. The van der Waals surface area contributed by atoms with E-state index in [1.165, 1.54) is 38.7 Å². The summed E-state index contributed by atoms with van der Waals surface area (Å²) in [6.45, 7) is 4.30. The second kappa shape index (κ2) is 5.84.